The van der Waals surface area contributed by atoms with Crippen molar-refractivity contribution in [2.75, 3.05) is 7.11 Å². The van der Waals surface area contributed by atoms with Crippen LogP contribution in [0.4, 0.5) is 0 Å². The first-order valence-electron chi connectivity index (χ1n) is 8.48. The molecule has 6 heteroatoms. The van der Waals surface area contributed by atoms with Gasteiger partial charge in [0.15, 0.2) is 5.60 Å². The molecule has 0 aliphatic carbocycles. The van der Waals surface area contributed by atoms with E-state index in [2.05, 4.69) is 4.98 Å². The molecule has 1 N–H and O–H groups in total. The highest BCUT2D eigenvalue weighted by Gasteiger charge is 2.49. The Kier molecular flexibility index (Phi) is 5.28. The standard InChI is InChI=1S/C21H21NO5/c1-14-15(2)26-20(22-14)27-18(19(23)24)21(25-3,16-10-6-4-7-11-16)17-12-8-5-9-13-17/h4-13,18H,1-3H3,(H,23,24)/t18-/m1/s1. The molecule has 0 radical (unpaired) electrons. The summed E-state index contributed by atoms with van der Waals surface area (Å²) >= 11 is 0. The summed E-state index contributed by atoms with van der Waals surface area (Å²) in [7, 11) is 1.46. The van der Waals surface area contributed by atoms with Gasteiger partial charge in [0.05, 0.1) is 5.69 Å². The van der Waals surface area contributed by atoms with Crippen molar-refractivity contribution in [3.8, 4) is 6.08 Å². The van der Waals surface area contributed by atoms with Gasteiger partial charge in [0, 0.05) is 7.11 Å². The summed E-state index contributed by atoms with van der Waals surface area (Å²) < 4.78 is 17.1. The predicted molar refractivity (Wildman–Crippen MR) is 98.7 cm³/mol. The smallest absolute Gasteiger partial charge is 0.394 e. The Morgan fingerprint density at radius 2 is 1.56 bits per heavy atom. The van der Waals surface area contributed by atoms with Crippen LogP contribution in [0.15, 0.2) is 65.1 Å². The van der Waals surface area contributed by atoms with Crippen molar-refractivity contribution < 1.29 is 23.8 Å². The van der Waals surface area contributed by atoms with Gasteiger partial charge in [-0.1, -0.05) is 60.7 Å². The normalized spacial score (nSPS) is 12.6. The highest BCUT2D eigenvalue weighted by molar-refractivity contribution is 5.76. The molecule has 140 valence electrons. The zero-order valence-electron chi connectivity index (χ0n) is 15.4. The van der Waals surface area contributed by atoms with E-state index in [9.17, 15) is 9.90 Å². The van der Waals surface area contributed by atoms with Gasteiger partial charge in [-0.15, -0.1) is 0 Å². The number of nitrogens with zero attached hydrogens (tertiary/aromatic N) is 1. The van der Waals surface area contributed by atoms with Gasteiger partial charge in [0.25, 0.3) is 0 Å². The fourth-order valence-corrected chi connectivity index (χ4v) is 3.09. The van der Waals surface area contributed by atoms with Gasteiger partial charge in [-0.2, -0.15) is 4.98 Å². The van der Waals surface area contributed by atoms with Crippen LogP contribution in [0.1, 0.15) is 22.6 Å². The van der Waals surface area contributed by atoms with Gasteiger partial charge in [-0.3, -0.25) is 0 Å². The molecule has 1 heterocycles. The number of rotatable bonds is 7. The molecule has 0 aliphatic rings. The second kappa shape index (κ2) is 7.63. The van der Waals surface area contributed by atoms with E-state index in [1.165, 1.54) is 7.11 Å². The van der Waals surface area contributed by atoms with Crippen molar-refractivity contribution >= 4 is 5.97 Å². The number of aryl methyl sites for hydroxylation is 2. The van der Waals surface area contributed by atoms with Gasteiger partial charge in [-0.05, 0) is 25.0 Å². The minimum atomic E-state index is -1.43. The van der Waals surface area contributed by atoms with Crippen LogP contribution >= 0.6 is 0 Å². The van der Waals surface area contributed by atoms with Gasteiger partial charge in [-0.25, -0.2) is 4.79 Å². The Balaban J connectivity index is 2.18. The Morgan fingerprint density at radius 1 is 1.04 bits per heavy atom. The van der Waals surface area contributed by atoms with Crippen LogP contribution in [0.3, 0.4) is 0 Å². The Hall–Kier alpha value is -3.12. The van der Waals surface area contributed by atoms with Crippen LogP contribution in [-0.2, 0) is 15.1 Å². The van der Waals surface area contributed by atoms with Crippen LogP contribution in [0, 0.1) is 13.8 Å². The number of hydrogen-bond acceptors (Lipinski definition) is 5. The van der Waals surface area contributed by atoms with Crippen LogP contribution in [0.2, 0.25) is 0 Å². The molecular weight excluding hydrogens is 346 g/mol. The molecule has 0 amide bonds. The average Bonchev–Trinajstić information content (AvgIpc) is 3.01. The van der Waals surface area contributed by atoms with Gasteiger partial charge in [0.1, 0.15) is 5.76 Å². The Morgan fingerprint density at radius 3 is 1.93 bits per heavy atom. The summed E-state index contributed by atoms with van der Waals surface area (Å²) in [5.41, 5.74) is 0.527. The second-order valence-electron chi connectivity index (χ2n) is 6.13. The van der Waals surface area contributed by atoms with Crippen molar-refractivity contribution in [2.45, 2.75) is 25.6 Å². The molecule has 6 nitrogen and oxygen atoms in total. The summed E-state index contributed by atoms with van der Waals surface area (Å²) in [6, 6.07) is 18.2. The first kappa shape index (κ1) is 18.7. The van der Waals surface area contributed by atoms with Crippen molar-refractivity contribution in [1.82, 2.24) is 4.98 Å². The number of ether oxygens (including phenoxy) is 2. The van der Waals surface area contributed by atoms with E-state index in [1.807, 2.05) is 60.7 Å². The summed E-state index contributed by atoms with van der Waals surface area (Å²) in [6.45, 7) is 3.50. The molecule has 0 bridgehead atoms. The van der Waals surface area contributed by atoms with Crippen LogP contribution in [0.5, 0.6) is 6.08 Å². The Bertz CT molecular complexity index is 846. The molecular formula is C21H21NO5. The maximum absolute atomic E-state index is 12.3. The summed E-state index contributed by atoms with van der Waals surface area (Å²) in [5.74, 6) is -0.630. The number of methoxy groups -OCH3 is 1. The fourth-order valence-electron chi connectivity index (χ4n) is 3.09. The maximum atomic E-state index is 12.3. The molecule has 27 heavy (non-hydrogen) atoms. The lowest BCUT2D eigenvalue weighted by atomic mass is 9.81. The number of carboxylic acid groups (broad SMARTS) is 1. The van der Waals surface area contributed by atoms with Crippen molar-refractivity contribution in [2.24, 2.45) is 0 Å². The SMILES string of the molecule is COC(c1ccccc1)(c1ccccc1)[C@H](Oc1nc(C)c(C)o1)C(=O)O. The molecule has 1 aromatic heterocycles. The molecule has 0 saturated carbocycles. The summed E-state index contributed by atoms with van der Waals surface area (Å²) in [6.07, 6.45) is -1.53. The lowest BCUT2D eigenvalue weighted by Crippen LogP contribution is -2.50. The Labute approximate surface area is 157 Å². The van der Waals surface area contributed by atoms with Crippen molar-refractivity contribution in [3.05, 3.63) is 83.2 Å². The monoisotopic (exact) mass is 367 g/mol. The predicted octanol–water partition coefficient (Wildman–Crippen LogP) is 3.71. The first-order chi connectivity index (χ1) is 13.0. The molecule has 0 fully saturated rings. The van der Waals surface area contributed by atoms with E-state index >= 15 is 0 Å². The van der Waals surface area contributed by atoms with E-state index in [4.69, 9.17) is 13.9 Å². The van der Waals surface area contributed by atoms with E-state index in [-0.39, 0.29) is 6.08 Å². The molecule has 0 unspecified atom stereocenters. The topological polar surface area (TPSA) is 81.8 Å². The third-order valence-corrected chi connectivity index (χ3v) is 4.55. The van der Waals surface area contributed by atoms with E-state index in [1.54, 1.807) is 13.8 Å². The number of hydrogen-bond donors (Lipinski definition) is 1. The molecule has 0 spiro atoms. The third kappa shape index (κ3) is 3.44. The summed E-state index contributed by atoms with van der Waals surface area (Å²) in [4.78, 5) is 16.4. The van der Waals surface area contributed by atoms with Crippen LogP contribution in [0.25, 0.3) is 0 Å². The number of carboxylic acids is 1. The highest BCUT2D eigenvalue weighted by Crippen LogP contribution is 2.38. The molecule has 0 aliphatic heterocycles. The van der Waals surface area contributed by atoms with Gasteiger partial charge < -0.3 is 19.0 Å². The summed E-state index contributed by atoms with van der Waals surface area (Å²) in [5, 5.41) is 10.0. The lowest BCUT2D eigenvalue weighted by Gasteiger charge is -2.37. The number of aromatic nitrogens is 1. The number of aliphatic carboxylic acids is 1. The van der Waals surface area contributed by atoms with E-state index in [0.29, 0.717) is 22.6 Å². The first-order valence-corrected chi connectivity index (χ1v) is 8.48. The molecule has 3 rings (SSSR count). The number of carbonyl (C=O) groups is 1. The minimum absolute atomic E-state index is 0.106. The van der Waals surface area contributed by atoms with Gasteiger partial charge in [0.2, 0.25) is 6.10 Å². The molecule has 2 aromatic carbocycles. The largest absolute Gasteiger partial charge is 0.478 e. The van der Waals surface area contributed by atoms with E-state index in [0.717, 1.165) is 0 Å². The van der Waals surface area contributed by atoms with E-state index < -0.39 is 17.7 Å². The minimum Gasteiger partial charge on any atom is -0.478 e. The fraction of sp³-hybridized carbons (Fsp3) is 0.238. The van der Waals surface area contributed by atoms with Crippen LogP contribution in [-0.4, -0.2) is 29.3 Å². The van der Waals surface area contributed by atoms with Crippen molar-refractivity contribution in [3.63, 3.8) is 0 Å². The molecule has 0 saturated heterocycles. The average molecular weight is 367 g/mol. The lowest BCUT2D eigenvalue weighted by molar-refractivity contribution is -0.162. The highest BCUT2D eigenvalue weighted by atomic mass is 16.6. The van der Waals surface area contributed by atoms with Crippen LogP contribution < -0.4 is 4.74 Å². The number of benzene rings is 2. The third-order valence-electron chi connectivity index (χ3n) is 4.55. The maximum Gasteiger partial charge on any atom is 0.394 e. The second-order valence-corrected chi connectivity index (χ2v) is 6.13. The molecule has 3 aromatic rings. The quantitative estimate of drug-likeness (QED) is 0.685. The molecule has 1 atom stereocenters. The number of oxazole rings is 1. The van der Waals surface area contributed by atoms with Gasteiger partial charge >= 0.3 is 12.0 Å². The zero-order valence-corrected chi connectivity index (χ0v) is 15.4. The zero-order chi connectivity index (χ0) is 19.4. The van der Waals surface area contributed by atoms with Crippen molar-refractivity contribution in [1.29, 1.82) is 0 Å².